The number of hydrogen-bond acceptors (Lipinski definition) is 3. The molecule has 2 aromatic rings. The van der Waals surface area contributed by atoms with Crippen molar-refractivity contribution >= 4 is 21.8 Å². The van der Waals surface area contributed by atoms with Gasteiger partial charge in [-0.1, -0.05) is 24.3 Å². The predicted octanol–water partition coefficient (Wildman–Crippen LogP) is 3.59. The average Bonchev–Trinajstić information content (AvgIpc) is 2.61. The van der Waals surface area contributed by atoms with E-state index in [1.165, 1.54) is 0 Å². The Balaban J connectivity index is 1.61. The van der Waals surface area contributed by atoms with Gasteiger partial charge in [-0.2, -0.15) is 0 Å². The van der Waals surface area contributed by atoms with Gasteiger partial charge in [-0.3, -0.25) is 4.79 Å². The molecule has 5 heteroatoms. The van der Waals surface area contributed by atoms with Crippen LogP contribution in [0.15, 0.2) is 53.0 Å². The number of likely N-dealkylation sites (tertiary alicyclic amines) is 1. The number of benzene rings is 2. The molecule has 1 fully saturated rings. The molecule has 2 N–H and O–H groups in total. The molecule has 3 rings (SSSR count). The van der Waals surface area contributed by atoms with Crippen LogP contribution in [0, 0.1) is 0 Å². The molecule has 0 spiro atoms. The van der Waals surface area contributed by atoms with Crippen LogP contribution in [0.4, 0.5) is 0 Å². The molecule has 1 unspecified atom stereocenters. The SMILES string of the molecule is NC1CCCN(C(=O)c2ccc(COc3ccccc3Br)cc2)C1. The first-order valence-corrected chi connectivity index (χ1v) is 8.94. The van der Waals surface area contributed by atoms with Crippen molar-refractivity contribution in [2.75, 3.05) is 13.1 Å². The van der Waals surface area contributed by atoms with E-state index in [0.29, 0.717) is 18.7 Å². The summed E-state index contributed by atoms with van der Waals surface area (Å²) in [6.45, 7) is 1.90. The van der Waals surface area contributed by atoms with Crippen molar-refractivity contribution < 1.29 is 9.53 Å². The summed E-state index contributed by atoms with van der Waals surface area (Å²) in [5.74, 6) is 0.864. The van der Waals surface area contributed by atoms with E-state index in [-0.39, 0.29) is 11.9 Å². The number of para-hydroxylation sites is 1. The largest absolute Gasteiger partial charge is 0.488 e. The quantitative estimate of drug-likeness (QED) is 0.870. The molecule has 1 aliphatic heterocycles. The Morgan fingerprint density at radius 1 is 1.21 bits per heavy atom. The van der Waals surface area contributed by atoms with Crippen LogP contribution in [0.5, 0.6) is 5.75 Å². The van der Waals surface area contributed by atoms with E-state index in [1.54, 1.807) is 0 Å². The summed E-state index contributed by atoms with van der Waals surface area (Å²) in [4.78, 5) is 14.4. The van der Waals surface area contributed by atoms with Crippen LogP contribution in [0.3, 0.4) is 0 Å². The molecule has 1 atom stereocenters. The lowest BCUT2D eigenvalue weighted by Gasteiger charge is -2.30. The second kappa shape index (κ2) is 7.81. The van der Waals surface area contributed by atoms with Gasteiger partial charge in [0.25, 0.3) is 5.91 Å². The summed E-state index contributed by atoms with van der Waals surface area (Å²) in [5, 5.41) is 0. The molecule has 0 bridgehead atoms. The van der Waals surface area contributed by atoms with Crippen molar-refractivity contribution in [3.05, 3.63) is 64.1 Å². The maximum Gasteiger partial charge on any atom is 0.253 e. The highest BCUT2D eigenvalue weighted by molar-refractivity contribution is 9.10. The summed E-state index contributed by atoms with van der Waals surface area (Å²) in [7, 11) is 0. The molecule has 0 saturated carbocycles. The molecule has 1 heterocycles. The highest BCUT2D eigenvalue weighted by atomic mass is 79.9. The summed E-state index contributed by atoms with van der Waals surface area (Å²) >= 11 is 3.46. The molecular weight excluding hydrogens is 368 g/mol. The minimum atomic E-state index is 0.0587. The fourth-order valence-electron chi connectivity index (χ4n) is 2.84. The maximum atomic E-state index is 12.5. The number of carbonyl (C=O) groups excluding carboxylic acids is 1. The van der Waals surface area contributed by atoms with Crippen LogP contribution in [-0.4, -0.2) is 29.9 Å². The number of piperidine rings is 1. The highest BCUT2D eigenvalue weighted by Gasteiger charge is 2.22. The van der Waals surface area contributed by atoms with E-state index >= 15 is 0 Å². The van der Waals surface area contributed by atoms with Crippen molar-refractivity contribution in [3.63, 3.8) is 0 Å². The Labute approximate surface area is 150 Å². The van der Waals surface area contributed by atoms with Gasteiger partial charge in [-0.05, 0) is 58.6 Å². The number of hydrogen-bond donors (Lipinski definition) is 1. The van der Waals surface area contributed by atoms with Gasteiger partial charge in [-0.25, -0.2) is 0 Å². The summed E-state index contributed by atoms with van der Waals surface area (Å²) in [5.41, 5.74) is 7.69. The number of ether oxygens (including phenoxy) is 1. The summed E-state index contributed by atoms with van der Waals surface area (Å²) < 4.78 is 6.72. The van der Waals surface area contributed by atoms with Crippen LogP contribution in [0.2, 0.25) is 0 Å². The molecule has 24 heavy (non-hydrogen) atoms. The van der Waals surface area contributed by atoms with Gasteiger partial charge in [0.1, 0.15) is 12.4 Å². The average molecular weight is 389 g/mol. The van der Waals surface area contributed by atoms with Crippen molar-refractivity contribution in [3.8, 4) is 5.75 Å². The zero-order valence-corrected chi connectivity index (χ0v) is 15.0. The van der Waals surface area contributed by atoms with Crippen molar-refractivity contribution in [2.24, 2.45) is 5.73 Å². The second-order valence-corrected chi connectivity index (χ2v) is 6.92. The van der Waals surface area contributed by atoms with Gasteiger partial charge in [-0.15, -0.1) is 0 Å². The molecule has 1 amide bonds. The molecule has 1 saturated heterocycles. The third-order valence-corrected chi connectivity index (χ3v) is 4.83. The number of carbonyl (C=O) groups is 1. The summed E-state index contributed by atoms with van der Waals surface area (Å²) in [6, 6.07) is 15.4. The molecule has 2 aromatic carbocycles. The lowest BCUT2D eigenvalue weighted by Crippen LogP contribution is -2.45. The van der Waals surface area contributed by atoms with Crippen LogP contribution in [0.25, 0.3) is 0 Å². The lowest BCUT2D eigenvalue weighted by atomic mass is 10.0. The predicted molar refractivity (Wildman–Crippen MR) is 98.0 cm³/mol. The zero-order valence-electron chi connectivity index (χ0n) is 13.5. The minimum absolute atomic E-state index is 0.0587. The fourth-order valence-corrected chi connectivity index (χ4v) is 3.24. The van der Waals surface area contributed by atoms with E-state index in [4.69, 9.17) is 10.5 Å². The number of nitrogens with two attached hydrogens (primary N) is 1. The van der Waals surface area contributed by atoms with Gasteiger partial charge in [0.05, 0.1) is 4.47 Å². The van der Waals surface area contributed by atoms with Crippen molar-refractivity contribution in [2.45, 2.75) is 25.5 Å². The number of halogens is 1. The number of amides is 1. The van der Waals surface area contributed by atoms with Gasteiger partial charge in [0.2, 0.25) is 0 Å². The molecule has 0 aromatic heterocycles. The van der Waals surface area contributed by atoms with Gasteiger partial charge in [0.15, 0.2) is 0 Å². The Bertz CT molecular complexity index is 703. The Kier molecular flexibility index (Phi) is 5.53. The van der Waals surface area contributed by atoms with Crippen LogP contribution < -0.4 is 10.5 Å². The molecule has 1 aliphatic rings. The van der Waals surface area contributed by atoms with Crippen molar-refractivity contribution in [1.82, 2.24) is 4.90 Å². The lowest BCUT2D eigenvalue weighted by molar-refractivity contribution is 0.0709. The third kappa shape index (κ3) is 4.16. The topological polar surface area (TPSA) is 55.6 Å². The van der Waals surface area contributed by atoms with Gasteiger partial charge < -0.3 is 15.4 Å². The van der Waals surface area contributed by atoms with Crippen LogP contribution >= 0.6 is 15.9 Å². The first kappa shape index (κ1) is 17.0. The van der Waals surface area contributed by atoms with E-state index in [1.807, 2.05) is 53.4 Å². The van der Waals surface area contributed by atoms with Crippen LogP contribution in [-0.2, 0) is 6.61 Å². The second-order valence-electron chi connectivity index (χ2n) is 6.07. The monoisotopic (exact) mass is 388 g/mol. The third-order valence-electron chi connectivity index (χ3n) is 4.18. The molecular formula is C19H21BrN2O2. The number of rotatable bonds is 4. The van der Waals surface area contributed by atoms with E-state index in [2.05, 4.69) is 15.9 Å². The van der Waals surface area contributed by atoms with Gasteiger partial charge >= 0.3 is 0 Å². The zero-order chi connectivity index (χ0) is 16.9. The van der Waals surface area contributed by atoms with E-state index < -0.39 is 0 Å². The normalized spacial score (nSPS) is 17.6. The fraction of sp³-hybridized carbons (Fsp3) is 0.316. The molecule has 4 nitrogen and oxygen atoms in total. The Hall–Kier alpha value is -1.85. The van der Waals surface area contributed by atoms with Crippen molar-refractivity contribution in [1.29, 1.82) is 0 Å². The first-order chi connectivity index (χ1) is 11.6. The smallest absolute Gasteiger partial charge is 0.253 e. The van der Waals surface area contributed by atoms with E-state index in [0.717, 1.165) is 35.2 Å². The standard InChI is InChI=1S/C19H21BrN2O2/c20-17-5-1-2-6-18(17)24-13-14-7-9-15(10-8-14)19(23)22-11-3-4-16(21)12-22/h1-2,5-10,16H,3-4,11-13,21H2. The molecule has 126 valence electrons. The Morgan fingerprint density at radius 3 is 2.67 bits per heavy atom. The van der Waals surface area contributed by atoms with Gasteiger partial charge in [0, 0.05) is 24.7 Å². The molecule has 0 radical (unpaired) electrons. The van der Waals surface area contributed by atoms with Crippen LogP contribution in [0.1, 0.15) is 28.8 Å². The van der Waals surface area contributed by atoms with E-state index in [9.17, 15) is 4.79 Å². The highest BCUT2D eigenvalue weighted by Crippen LogP contribution is 2.24. The first-order valence-electron chi connectivity index (χ1n) is 8.14. The minimum Gasteiger partial charge on any atom is -0.488 e. The Morgan fingerprint density at radius 2 is 1.96 bits per heavy atom. The number of nitrogens with zero attached hydrogens (tertiary/aromatic N) is 1. The molecule has 0 aliphatic carbocycles. The maximum absolute atomic E-state index is 12.5. The summed E-state index contributed by atoms with van der Waals surface area (Å²) in [6.07, 6.45) is 1.97.